The van der Waals surface area contributed by atoms with Gasteiger partial charge in [-0.15, -0.1) is 10.2 Å². The molecular weight excluding hydrogens is 368 g/mol. The number of hydrogen-bond donors (Lipinski definition) is 2. The van der Waals surface area contributed by atoms with E-state index in [0.717, 1.165) is 33.7 Å². The van der Waals surface area contributed by atoms with Crippen LogP contribution in [0.15, 0.2) is 119 Å². The number of nitrogens with two attached hydrogens (primary N) is 2. The van der Waals surface area contributed by atoms with E-state index in [4.69, 9.17) is 21.7 Å². The SMILES string of the molecule is Nc1ccc(C(=NN=C(c2ccccc2)c2ccc(N)cc2)c2ccccc2)cc1. The van der Waals surface area contributed by atoms with Gasteiger partial charge in [0.05, 0.1) is 0 Å². The average Bonchev–Trinajstić information content (AvgIpc) is 2.80. The molecule has 4 aromatic rings. The Morgan fingerprint density at radius 2 is 0.700 bits per heavy atom. The van der Waals surface area contributed by atoms with E-state index in [0.29, 0.717) is 11.4 Å². The van der Waals surface area contributed by atoms with E-state index in [9.17, 15) is 0 Å². The van der Waals surface area contributed by atoms with Gasteiger partial charge >= 0.3 is 0 Å². The molecule has 0 radical (unpaired) electrons. The first-order chi connectivity index (χ1) is 14.7. The van der Waals surface area contributed by atoms with Crippen molar-refractivity contribution in [2.75, 3.05) is 11.5 Å². The minimum atomic E-state index is 0.710. The first-order valence-electron chi connectivity index (χ1n) is 9.69. The predicted molar refractivity (Wildman–Crippen MR) is 126 cm³/mol. The van der Waals surface area contributed by atoms with Gasteiger partial charge in [0.2, 0.25) is 0 Å². The predicted octanol–water partition coefficient (Wildman–Crippen LogP) is 5.14. The number of rotatable bonds is 5. The Balaban J connectivity index is 1.87. The van der Waals surface area contributed by atoms with Crippen molar-refractivity contribution >= 4 is 22.8 Å². The second kappa shape index (κ2) is 8.88. The molecule has 0 aliphatic carbocycles. The molecule has 0 saturated carbocycles. The molecule has 0 aromatic heterocycles. The zero-order valence-corrected chi connectivity index (χ0v) is 16.4. The number of nitrogens with zero attached hydrogens (tertiary/aromatic N) is 2. The van der Waals surface area contributed by atoms with E-state index in [2.05, 4.69) is 0 Å². The molecule has 0 aliphatic rings. The van der Waals surface area contributed by atoms with Gasteiger partial charge in [0.15, 0.2) is 0 Å². The highest BCUT2D eigenvalue weighted by molar-refractivity contribution is 6.15. The van der Waals surface area contributed by atoms with Crippen LogP contribution < -0.4 is 11.5 Å². The Kier molecular flexibility index (Phi) is 5.67. The van der Waals surface area contributed by atoms with E-state index in [-0.39, 0.29) is 0 Å². The monoisotopic (exact) mass is 390 g/mol. The van der Waals surface area contributed by atoms with Crippen LogP contribution in [-0.4, -0.2) is 11.4 Å². The molecule has 146 valence electrons. The molecule has 4 rings (SSSR count). The van der Waals surface area contributed by atoms with Gasteiger partial charge < -0.3 is 11.5 Å². The van der Waals surface area contributed by atoms with Crippen LogP contribution in [0.2, 0.25) is 0 Å². The summed E-state index contributed by atoms with van der Waals surface area (Å²) in [6, 6.07) is 35.3. The first-order valence-corrected chi connectivity index (χ1v) is 9.69. The molecule has 4 nitrogen and oxygen atoms in total. The molecule has 0 atom stereocenters. The Morgan fingerprint density at radius 3 is 1.03 bits per heavy atom. The summed E-state index contributed by atoms with van der Waals surface area (Å²) in [4.78, 5) is 0. The molecule has 0 fully saturated rings. The molecule has 30 heavy (non-hydrogen) atoms. The molecule has 0 spiro atoms. The second-order valence-electron chi connectivity index (χ2n) is 6.87. The molecular formula is C26H22N4. The van der Waals surface area contributed by atoms with Crippen LogP contribution in [0.4, 0.5) is 11.4 Å². The minimum absolute atomic E-state index is 0.710. The van der Waals surface area contributed by atoms with Crippen LogP contribution in [0.25, 0.3) is 0 Å². The van der Waals surface area contributed by atoms with Crippen molar-refractivity contribution in [3.8, 4) is 0 Å². The number of anilines is 2. The van der Waals surface area contributed by atoms with Crippen LogP contribution >= 0.6 is 0 Å². The molecule has 0 bridgehead atoms. The molecule has 0 aliphatic heterocycles. The zero-order valence-electron chi connectivity index (χ0n) is 16.4. The Labute approximate surface area is 176 Å². The van der Waals surface area contributed by atoms with Crippen LogP contribution in [0, 0.1) is 0 Å². The van der Waals surface area contributed by atoms with Crippen molar-refractivity contribution in [2.24, 2.45) is 10.2 Å². The van der Waals surface area contributed by atoms with Crippen LogP contribution in [0.1, 0.15) is 22.3 Å². The molecule has 4 N–H and O–H groups in total. The maximum atomic E-state index is 5.87. The van der Waals surface area contributed by atoms with Crippen molar-refractivity contribution in [3.05, 3.63) is 131 Å². The van der Waals surface area contributed by atoms with E-state index < -0.39 is 0 Å². The van der Waals surface area contributed by atoms with Crippen LogP contribution in [0.3, 0.4) is 0 Å². The van der Waals surface area contributed by atoms with E-state index in [1.165, 1.54) is 0 Å². The summed E-state index contributed by atoms with van der Waals surface area (Å²) in [7, 11) is 0. The third kappa shape index (κ3) is 4.45. The maximum absolute atomic E-state index is 5.87. The normalized spacial score (nSPS) is 12.0. The smallest absolute Gasteiger partial charge is 0.100 e. The van der Waals surface area contributed by atoms with Gasteiger partial charge in [0.1, 0.15) is 11.4 Å². The molecule has 0 heterocycles. The molecule has 4 heteroatoms. The number of nitrogen functional groups attached to an aromatic ring is 2. The minimum Gasteiger partial charge on any atom is -0.399 e. The lowest BCUT2D eigenvalue weighted by atomic mass is 10.0. The lowest BCUT2D eigenvalue weighted by Gasteiger charge is -2.09. The molecule has 4 aromatic carbocycles. The van der Waals surface area contributed by atoms with Crippen molar-refractivity contribution in [2.45, 2.75) is 0 Å². The van der Waals surface area contributed by atoms with Gasteiger partial charge in [-0.25, -0.2) is 0 Å². The highest BCUT2D eigenvalue weighted by Crippen LogP contribution is 2.17. The lowest BCUT2D eigenvalue weighted by molar-refractivity contribution is 1.22. The second-order valence-corrected chi connectivity index (χ2v) is 6.87. The van der Waals surface area contributed by atoms with Gasteiger partial charge in [-0.2, -0.15) is 0 Å². The Morgan fingerprint density at radius 1 is 0.400 bits per heavy atom. The van der Waals surface area contributed by atoms with Crippen LogP contribution in [0.5, 0.6) is 0 Å². The molecule has 0 unspecified atom stereocenters. The van der Waals surface area contributed by atoms with Crippen molar-refractivity contribution in [1.29, 1.82) is 0 Å². The average molecular weight is 390 g/mol. The fourth-order valence-corrected chi connectivity index (χ4v) is 3.14. The number of benzene rings is 4. The fraction of sp³-hybridized carbons (Fsp3) is 0. The summed E-state index contributed by atoms with van der Waals surface area (Å²) in [5.74, 6) is 0. The van der Waals surface area contributed by atoms with Gasteiger partial charge in [-0.3, -0.25) is 0 Å². The Hall–Kier alpha value is -4.18. The highest BCUT2D eigenvalue weighted by atomic mass is 15.2. The van der Waals surface area contributed by atoms with E-state index >= 15 is 0 Å². The zero-order chi connectivity index (χ0) is 20.8. The van der Waals surface area contributed by atoms with E-state index in [1.54, 1.807) is 0 Å². The van der Waals surface area contributed by atoms with Crippen molar-refractivity contribution < 1.29 is 0 Å². The summed E-state index contributed by atoms with van der Waals surface area (Å²) in [6.45, 7) is 0. The summed E-state index contributed by atoms with van der Waals surface area (Å²) in [5, 5.41) is 9.40. The third-order valence-corrected chi connectivity index (χ3v) is 4.71. The van der Waals surface area contributed by atoms with Gasteiger partial charge in [-0.05, 0) is 24.3 Å². The number of hydrogen-bond acceptors (Lipinski definition) is 4. The fourth-order valence-electron chi connectivity index (χ4n) is 3.14. The third-order valence-electron chi connectivity index (χ3n) is 4.71. The summed E-state index contributed by atoms with van der Waals surface area (Å²) in [5.41, 5.74) is 18.6. The summed E-state index contributed by atoms with van der Waals surface area (Å²) >= 11 is 0. The summed E-state index contributed by atoms with van der Waals surface area (Å²) in [6.07, 6.45) is 0. The standard InChI is InChI=1S/C26H22N4/c27-23-15-11-21(12-16-23)25(19-7-3-1-4-8-19)29-30-26(20-9-5-2-6-10-20)22-13-17-24(28)18-14-22/h1-18H,27-28H2. The van der Waals surface area contributed by atoms with Crippen molar-refractivity contribution in [3.63, 3.8) is 0 Å². The van der Waals surface area contributed by atoms with E-state index in [1.807, 2.05) is 109 Å². The maximum Gasteiger partial charge on any atom is 0.100 e. The highest BCUT2D eigenvalue weighted by Gasteiger charge is 2.10. The molecule has 0 amide bonds. The van der Waals surface area contributed by atoms with Crippen LogP contribution in [-0.2, 0) is 0 Å². The quantitative estimate of drug-likeness (QED) is 0.281. The Bertz CT molecular complexity index is 1060. The first kappa shape index (κ1) is 19.2. The van der Waals surface area contributed by atoms with Gasteiger partial charge in [0.25, 0.3) is 0 Å². The largest absolute Gasteiger partial charge is 0.399 e. The topological polar surface area (TPSA) is 76.8 Å². The van der Waals surface area contributed by atoms with Gasteiger partial charge in [-0.1, -0.05) is 84.9 Å². The molecule has 0 saturated heterocycles. The lowest BCUT2D eigenvalue weighted by Crippen LogP contribution is -2.06. The summed E-state index contributed by atoms with van der Waals surface area (Å²) < 4.78 is 0. The van der Waals surface area contributed by atoms with Crippen molar-refractivity contribution in [1.82, 2.24) is 0 Å². The van der Waals surface area contributed by atoms with Gasteiger partial charge in [0, 0.05) is 33.6 Å².